The lowest BCUT2D eigenvalue weighted by molar-refractivity contribution is -0.138. The number of ether oxygens (including phenoxy) is 4. The van der Waals surface area contributed by atoms with E-state index < -0.39 is 0 Å². The molecule has 0 aromatic carbocycles. The molecule has 1 N–H and O–H groups in total. The van der Waals surface area contributed by atoms with E-state index in [1.165, 1.54) is 38.5 Å². The van der Waals surface area contributed by atoms with Gasteiger partial charge in [-0.25, -0.2) is 19.2 Å². The number of unbranched alkanes of at least 4 members (excludes halogenated alkanes) is 18. The number of alkyl carbamates (subject to hydrolysis) is 1. The second kappa shape index (κ2) is 42.9. The topological polar surface area (TPSA) is 127 Å². The Morgan fingerprint density at radius 1 is 0.557 bits per heavy atom. The molecule has 12 nitrogen and oxygen atoms in total. The number of hydrogen-bond acceptors (Lipinski definition) is 12. The van der Waals surface area contributed by atoms with Crippen LogP contribution in [0.25, 0.3) is 0 Å². The van der Waals surface area contributed by atoms with Crippen LogP contribution in [0.2, 0.25) is 0 Å². The van der Waals surface area contributed by atoms with E-state index in [4.69, 9.17) is 18.9 Å². The van der Waals surface area contributed by atoms with Gasteiger partial charge < -0.3 is 34.1 Å². The monoisotopic (exact) mass is 899 g/mol. The molecule has 0 spiro atoms. The molecule has 0 unspecified atom stereocenters. The first-order valence-electron chi connectivity index (χ1n) is 24.0. The first-order chi connectivity index (χ1) is 29.8. The van der Waals surface area contributed by atoms with Gasteiger partial charge >= 0.3 is 24.1 Å². The highest BCUT2D eigenvalue weighted by Gasteiger charge is 2.15. The number of amides is 2. The van der Waals surface area contributed by atoms with E-state index in [-0.39, 0.29) is 24.1 Å². The van der Waals surface area contributed by atoms with Gasteiger partial charge in [0, 0.05) is 76.0 Å². The molecule has 0 atom stereocenters. The molecule has 0 aliphatic carbocycles. The fourth-order valence-electron chi connectivity index (χ4n) is 6.68. The lowest BCUT2D eigenvalue weighted by Gasteiger charge is -2.32. The molecule has 2 amide bonds. The molecule has 1 aliphatic heterocycles. The molecular weight excluding hydrogens is 813 g/mol. The third-order valence-corrected chi connectivity index (χ3v) is 12.9. The SMILES string of the molecule is CCCCCC/C=C\C(=O)OCCCCCCCCN(CCCCCCCCOC(=O)/C=C\CCCCCC)C(=O)OCCSSCCOC(=O)NCCN1CCN(C)CC1. The van der Waals surface area contributed by atoms with E-state index in [0.717, 1.165) is 135 Å². The number of likely N-dealkylation sites (N-methyl/N-ethyl adjacent to an activating group) is 1. The quantitative estimate of drug-likeness (QED) is 0.0207. The van der Waals surface area contributed by atoms with Gasteiger partial charge in [0.25, 0.3) is 0 Å². The standard InChI is InChI=1S/C47H86N4O8S2/c1-4-6-8-10-16-22-28-44(52)56-38-26-20-14-12-18-24-31-51(32-25-19-13-15-21-27-39-57-45(53)29-23-17-11-9-7-5-2)47(55)59-41-43-61-60-42-40-58-46(54)48-30-33-50-36-34-49(3)35-37-50/h22-23,28-29H,4-21,24-27,30-43H2,1-3H3,(H,48,54)/b28-22-,29-23-. The van der Waals surface area contributed by atoms with Gasteiger partial charge in [0.2, 0.25) is 0 Å². The molecule has 0 aromatic heterocycles. The number of carbonyl (C=O) groups excluding carboxylic acids is 4. The maximum atomic E-state index is 13.1. The van der Waals surface area contributed by atoms with Crippen LogP contribution in [-0.2, 0) is 28.5 Å². The average molecular weight is 899 g/mol. The Bertz CT molecular complexity index is 1090. The molecule has 1 rings (SSSR count). The van der Waals surface area contributed by atoms with Crippen molar-refractivity contribution in [2.24, 2.45) is 0 Å². The van der Waals surface area contributed by atoms with E-state index in [2.05, 4.69) is 36.0 Å². The highest BCUT2D eigenvalue weighted by atomic mass is 33.1. The minimum atomic E-state index is -0.377. The smallest absolute Gasteiger partial charge is 0.409 e. The number of hydrogen-bond donors (Lipinski definition) is 1. The Hall–Kier alpha value is -2.42. The van der Waals surface area contributed by atoms with Gasteiger partial charge in [-0.15, -0.1) is 0 Å². The average Bonchev–Trinajstić information content (AvgIpc) is 3.25. The lowest BCUT2D eigenvalue weighted by atomic mass is 10.1. The zero-order valence-corrected chi connectivity index (χ0v) is 40.3. The first kappa shape index (κ1) is 56.6. The molecule has 0 saturated carbocycles. The van der Waals surface area contributed by atoms with Crippen LogP contribution in [0.3, 0.4) is 0 Å². The fourth-order valence-corrected chi connectivity index (χ4v) is 8.33. The minimum Gasteiger partial charge on any atom is -0.463 e. The van der Waals surface area contributed by atoms with Crippen LogP contribution in [-0.4, -0.2) is 136 Å². The molecule has 1 fully saturated rings. The van der Waals surface area contributed by atoms with Gasteiger partial charge in [-0.3, -0.25) is 4.90 Å². The molecule has 0 radical (unpaired) electrons. The number of carbonyl (C=O) groups is 4. The number of esters is 2. The Morgan fingerprint density at radius 2 is 1.02 bits per heavy atom. The highest BCUT2D eigenvalue weighted by Crippen LogP contribution is 2.20. The van der Waals surface area contributed by atoms with Crippen molar-refractivity contribution in [2.45, 2.75) is 155 Å². The number of nitrogens with zero attached hydrogens (tertiary/aromatic N) is 3. The Labute approximate surface area is 379 Å². The third-order valence-electron chi connectivity index (χ3n) is 10.5. The maximum Gasteiger partial charge on any atom is 0.409 e. The third kappa shape index (κ3) is 37.8. The van der Waals surface area contributed by atoms with Crippen LogP contribution in [0.1, 0.15) is 155 Å². The number of nitrogens with one attached hydrogen (secondary N) is 1. The molecule has 1 aliphatic rings. The maximum absolute atomic E-state index is 13.1. The van der Waals surface area contributed by atoms with E-state index in [9.17, 15) is 19.2 Å². The normalized spacial score (nSPS) is 13.5. The largest absolute Gasteiger partial charge is 0.463 e. The van der Waals surface area contributed by atoms with Gasteiger partial charge in [-0.2, -0.15) is 0 Å². The summed E-state index contributed by atoms with van der Waals surface area (Å²) in [4.78, 5) is 55.5. The van der Waals surface area contributed by atoms with Crippen molar-refractivity contribution < 1.29 is 38.1 Å². The Morgan fingerprint density at radius 3 is 1.52 bits per heavy atom. The van der Waals surface area contributed by atoms with Crippen molar-refractivity contribution in [1.29, 1.82) is 0 Å². The van der Waals surface area contributed by atoms with Gasteiger partial charge in [0.15, 0.2) is 0 Å². The van der Waals surface area contributed by atoms with Crippen LogP contribution in [0.15, 0.2) is 24.3 Å². The number of allylic oxidation sites excluding steroid dienone is 2. The molecule has 1 heterocycles. The lowest BCUT2D eigenvalue weighted by Crippen LogP contribution is -2.47. The van der Waals surface area contributed by atoms with Crippen LogP contribution in [0.4, 0.5) is 9.59 Å². The summed E-state index contributed by atoms with van der Waals surface area (Å²) in [7, 11) is 5.35. The summed E-state index contributed by atoms with van der Waals surface area (Å²) in [6, 6.07) is 0. The number of rotatable bonds is 40. The molecule has 1 saturated heterocycles. The zero-order chi connectivity index (χ0) is 44.3. The second-order valence-corrected chi connectivity index (χ2v) is 18.7. The minimum absolute atomic E-state index is 0.243. The molecular formula is C47H86N4O8S2. The summed E-state index contributed by atoms with van der Waals surface area (Å²) in [6.07, 6.45) is 29.8. The van der Waals surface area contributed by atoms with Crippen LogP contribution in [0.5, 0.6) is 0 Å². The van der Waals surface area contributed by atoms with Crippen molar-refractivity contribution in [3.05, 3.63) is 24.3 Å². The molecule has 0 bridgehead atoms. The predicted molar refractivity (Wildman–Crippen MR) is 254 cm³/mol. The van der Waals surface area contributed by atoms with Crippen molar-refractivity contribution in [1.82, 2.24) is 20.0 Å². The molecule has 61 heavy (non-hydrogen) atoms. The molecule has 0 aromatic rings. The van der Waals surface area contributed by atoms with E-state index >= 15 is 0 Å². The summed E-state index contributed by atoms with van der Waals surface area (Å²) in [5.41, 5.74) is 0. The van der Waals surface area contributed by atoms with E-state index in [0.29, 0.717) is 57.6 Å². The number of piperazine rings is 1. The zero-order valence-electron chi connectivity index (χ0n) is 38.7. The summed E-state index contributed by atoms with van der Waals surface area (Å²) < 4.78 is 21.7. The van der Waals surface area contributed by atoms with E-state index in [1.54, 1.807) is 33.7 Å². The van der Waals surface area contributed by atoms with Crippen molar-refractivity contribution in [3.8, 4) is 0 Å². The highest BCUT2D eigenvalue weighted by molar-refractivity contribution is 8.76. The van der Waals surface area contributed by atoms with Crippen molar-refractivity contribution in [3.63, 3.8) is 0 Å². The first-order valence-corrected chi connectivity index (χ1v) is 26.5. The van der Waals surface area contributed by atoms with Gasteiger partial charge in [0.1, 0.15) is 13.2 Å². The van der Waals surface area contributed by atoms with E-state index in [1.807, 2.05) is 17.1 Å². The molecule has 354 valence electrons. The summed E-state index contributed by atoms with van der Waals surface area (Å²) in [6.45, 7) is 12.9. The van der Waals surface area contributed by atoms with Gasteiger partial charge in [-0.1, -0.05) is 137 Å². The Kier molecular flexibility index (Phi) is 39.8. The van der Waals surface area contributed by atoms with Crippen LogP contribution < -0.4 is 5.32 Å². The van der Waals surface area contributed by atoms with Crippen LogP contribution >= 0.6 is 21.6 Å². The molecule has 14 heteroatoms. The van der Waals surface area contributed by atoms with Crippen molar-refractivity contribution >= 4 is 45.7 Å². The summed E-state index contributed by atoms with van der Waals surface area (Å²) >= 11 is 0. The van der Waals surface area contributed by atoms with Gasteiger partial charge in [-0.05, 0) is 58.4 Å². The van der Waals surface area contributed by atoms with Crippen LogP contribution in [0, 0.1) is 0 Å². The summed E-state index contributed by atoms with van der Waals surface area (Å²) in [5.74, 6) is 0.844. The second-order valence-electron chi connectivity index (χ2n) is 16.0. The van der Waals surface area contributed by atoms with Crippen molar-refractivity contribution in [2.75, 3.05) is 97.3 Å². The predicted octanol–water partition coefficient (Wildman–Crippen LogP) is 10.6. The fraction of sp³-hybridized carbons (Fsp3) is 0.830. The Balaban J connectivity index is 2.25. The summed E-state index contributed by atoms with van der Waals surface area (Å²) in [5, 5.41) is 2.84. The van der Waals surface area contributed by atoms with Gasteiger partial charge in [0.05, 0.1) is 13.2 Å².